The maximum Gasteiger partial charge on any atom is 0.418 e. The number of carbonyl (C=O) groups excluding carboxylic acids is 2. The molecule has 0 aromatic heterocycles. The smallest absolute Gasteiger partial charge is 0.351 e. The lowest BCUT2D eigenvalue weighted by atomic mass is 10.1. The molecule has 1 N–H and O–H groups in total. The van der Waals surface area contributed by atoms with Gasteiger partial charge in [0.15, 0.2) is 9.84 Å². The van der Waals surface area contributed by atoms with E-state index in [0.29, 0.717) is 0 Å². The third-order valence-corrected chi connectivity index (χ3v) is 5.55. The second kappa shape index (κ2) is 7.03. The minimum Gasteiger partial charge on any atom is -0.351 e. The molecule has 1 aromatic carbocycles. The lowest BCUT2D eigenvalue weighted by Crippen LogP contribution is -2.44. The van der Waals surface area contributed by atoms with Crippen molar-refractivity contribution in [3.63, 3.8) is 0 Å². The summed E-state index contributed by atoms with van der Waals surface area (Å²) in [5.41, 5.74) is -1.45. The molecule has 0 aliphatic carbocycles. The second-order valence-electron chi connectivity index (χ2n) is 5.79. The molecule has 6 nitrogen and oxygen atoms in total. The Labute approximate surface area is 142 Å². The summed E-state index contributed by atoms with van der Waals surface area (Å²) in [5.74, 6) is -1.70. The highest BCUT2D eigenvalue weighted by Crippen LogP contribution is 2.36. The van der Waals surface area contributed by atoms with E-state index in [-0.39, 0.29) is 17.9 Å². The van der Waals surface area contributed by atoms with Crippen LogP contribution in [0.5, 0.6) is 0 Å². The summed E-state index contributed by atoms with van der Waals surface area (Å²) in [4.78, 5) is 24.6. The minimum absolute atomic E-state index is 0.0503. The van der Waals surface area contributed by atoms with Gasteiger partial charge in [-0.1, -0.05) is 12.1 Å². The first kappa shape index (κ1) is 19.2. The summed E-state index contributed by atoms with van der Waals surface area (Å²) in [7, 11) is -3.21. The monoisotopic (exact) mass is 378 g/mol. The number of nitrogens with one attached hydrogen (secondary N) is 1. The Bertz CT molecular complexity index is 777. The largest absolute Gasteiger partial charge is 0.418 e. The number of anilines is 1. The number of para-hydroxylation sites is 1. The van der Waals surface area contributed by atoms with Crippen LogP contribution in [-0.4, -0.2) is 44.3 Å². The van der Waals surface area contributed by atoms with Crippen molar-refractivity contribution in [2.24, 2.45) is 0 Å². The Balaban J connectivity index is 2.17. The fourth-order valence-electron chi connectivity index (χ4n) is 2.64. The average molecular weight is 378 g/mol. The van der Waals surface area contributed by atoms with Gasteiger partial charge in [0.1, 0.15) is 6.54 Å². The predicted octanol–water partition coefficient (Wildman–Crippen LogP) is 1.36. The molecule has 0 spiro atoms. The lowest BCUT2D eigenvalue weighted by Gasteiger charge is -2.25. The summed E-state index contributed by atoms with van der Waals surface area (Å²) >= 11 is 0. The highest BCUT2D eigenvalue weighted by Gasteiger charge is 2.36. The molecule has 0 bridgehead atoms. The topological polar surface area (TPSA) is 83.6 Å². The molecule has 1 heterocycles. The first-order chi connectivity index (χ1) is 11.5. The third kappa shape index (κ3) is 4.94. The Hall–Kier alpha value is -2.10. The van der Waals surface area contributed by atoms with Crippen LogP contribution >= 0.6 is 0 Å². The number of halogens is 3. The number of amides is 2. The summed E-state index contributed by atoms with van der Waals surface area (Å²) in [6.07, 6.45) is -4.44. The van der Waals surface area contributed by atoms with Crippen molar-refractivity contribution in [3.8, 4) is 0 Å². The Kier molecular flexibility index (Phi) is 5.40. The molecule has 0 saturated carbocycles. The van der Waals surface area contributed by atoms with E-state index in [2.05, 4.69) is 5.32 Å². The van der Waals surface area contributed by atoms with Crippen molar-refractivity contribution in [3.05, 3.63) is 29.8 Å². The van der Waals surface area contributed by atoms with Crippen LogP contribution < -0.4 is 10.2 Å². The van der Waals surface area contributed by atoms with Gasteiger partial charge >= 0.3 is 6.18 Å². The van der Waals surface area contributed by atoms with E-state index in [1.165, 1.54) is 12.1 Å². The molecule has 1 aliphatic rings. The van der Waals surface area contributed by atoms with Crippen LogP contribution in [0.15, 0.2) is 24.3 Å². The van der Waals surface area contributed by atoms with Crippen molar-refractivity contribution in [2.45, 2.75) is 25.6 Å². The molecule has 10 heteroatoms. The quantitative estimate of drug-likeness (QED) is 0.858. The molecule has 1 unspecified atom stereocenters. The highest BCUT2D eigenvalue weighted by atomic mass is 32.2. The number of alkyl halides is 3. The fraction of sp³-hybridized carbons (Fsp3) is 0.467. The maximum absolute atomic E-state index is 13.1. The molecule has 1 saturated heterocycles. The molecular weight excluding hydrogens is 361 g/mol. The van der Waals surface area contributed by atoms with Crippen LogP contribution in [0.3, 0.4) is 0 Å². The molecular formula is C15H17F3N2O4S. The summed E-state index contributed by atoms with van der Waals surface area (Å²) in [6.45, 7) is 0.430. The zero-order valence-electron chi connectivity index (χ0n) is 13.3. The van der Waals surface area contributed by atoms with Gasteiger partial charge in [0.2, 0.25) is 11.8 Å². The molecule has 25 heavy (non-hydrogen) atoms. The number of rotatable bonds is 4. The van der Waals surface area contributed by atoms with Gasteiger partial charge in [-0.2, -0.15) is 13.2 Å². The molecule has 1 atom stereocenters. The standard InChI is InChI=1S/C15H17F3N2O4S/c1-10(21)20(13-5-3-2-4-12(13)15(16,17)18)8-14(22)19-11-6-7-25(23,24)9-11/h2-5,11H,6-9H2,1H3,(H,19,22). The average Bonchev–Trinajstić information content (AvgIpc) is 2.82. The summed E-state index contributed by atoms with van der Waals surface area (Å²) < 4.78 is 62.1. The Morgan fingerprint density at radius 2 is 1.92 bits per heavy atom. The Morgan fingerprint density at radius 1 is 1.28 bits per heavy atom. The SMILES string of the molecule is CC(=O)N(CC(=O)NC1CCS(=O)(=O)C1)c1ccccc1C(F)(F)F. The number of carbonyl (C=O) groups is 2. The molecule has 1 aromatic rings. The van der Waals surface area contributed by atoms with Gasteiger partial charge in [-0.3, -0.25) is 9.59 Å². The highest BCUT2D eigenvalue weighted by molar-refractivity contribution is 7.91. The van der Waals surface area contributed by atoms with E-state index in [4.69, 9.17) is 0 Å². The number of benzene rings is 1. The number of hydrogen-bond acceptors (Lipinski definition) is 4. The van der Waals surface area contributed by atoms with Crippen molar-refractivity contribution < 1.29 is 31.2 Å². The molecule has 0 radical (unpaired) electrons. The maximum atomic E-state index is 13.1. The van der Waals surface area contributed by atoms with E-state index >= 15 is 0 Å². The van der Waals surface area contributed by atoms with Gasteiger partial charge in [0, 0.05) is 13.0 Å². The van der Waals surface area contributed by atoms with Crippen molar-refractivity contribution in [1.29, 1.82) is 0 Å². The first-order valence-corrected chi connectivity index (χ1v) is 9.26. The fourth-order valence-corrected chi connectivity index (χ4v) is 4.31. The first-order valence-electron chi connectivity index (χ1n) is 7.44. The molecule has 1 aliphatic heterocycles. The predicted molar refractivity (Wildman–Crippen MR) is 84.7 cm³/mol. The summed E-state index contributed by atoms with van der Waals surface area (Å²) in [5, 5.41) is 2.45. The van der Waals surface area contributed by atoms with Gasteiger partial charge in [-0.05, 0) is 18.6 Å². The van der Waals surface area contributed by atoms with E-state index < -0.39 is 51.7 Å². The van der Waals surface area contributed by atoms with E-state index in [9.17, 15) is 31.2 Å². The Morgan fingerprint density at radius 3 is 2.44 bits per heavy atom. The molecule has 1 fully saturated rings. The van der Waals surface area contributed by atoms with Crippen LogP contribution in [-0.2, 0) is 25.6 Å². The van der Waals surface area contributed by atoms with Crippen LogP contribution in [0.4, 0.5) is 18.9 Å². The molecule has 2 amide bonds. The van der Waals surface area contributed by atoms with Crippen LogP contribution in [0.25, 0.3) is 0 Å². The van der Waals surface area contributed by atoms with Crippen LogP contribution in [0.2, 0.25) is 0 Å². The normalized spacial score (nSPS) is 19.4. The zero-order chi connectivity index (χ0) is 18.8. The van der Waals surface area contributed by atoms with Crippen LogP contribution in [0, 0.1) is 0 Å². The number of hydrogen-bond donors (Lipinski definition) is 1. The van der Waals surface area contributed by atoms with Crippen molar-refractivity contribution >= 4 is 27.3 Å². The van der Waals surface area contributed by atoms with Gasteiger partial charge in [-0.25, -0.2) is 8.42 Å². The van der Waals surface area contributed by atoms with Gasteiger partial charge in [-0.15, -0.1) is 0 Å². The lowest BCUT2D eigenvalue weighted by molar-refractivity contribution is -0.137. The number of sulfone groups is 1. The van der Waals surface area contributed by atoms with Gasteiger partial charge in [0.25, 0.3) is 0 Å². The van der Waals surface area contributed by atoms with Crippen molar-refractivity contribution in [2.75, 3.05) is 23.0 Å². The molecule has 138 valence electrons. The minimum atomic E-state index is -4.68. The van der Waals surface area contributed by atoms with Crippen LogP contribution in [0.1, 0.15) is 18.9 Å². The second-order valence-corrected chi connectivity index (χ2v) is 8.02. The summed E-state index contributed by atoms with van der Waals surface area (Å²) in [6, 6.07) is 3.87. The number of nitrogens with zero attached hydrogens (tertiary/aromatic N) is 1. The van der Waals surface area contributed by atoms with Crippen molar-refractivity contribution in [1.82, 2.24) is 5.32 Å². The van der Waals surface area contributed by atoms with E-state index in [1.54, 1.807) is 0 Å². The van der Waals surface area contributed by atoms with E-state index in [0.717, 1.165) is 24.0 Å². The van der Waals surface area contributed by atoms with Gasteiger partial charge in [0.05, 0.1) is 22.8 Å². The van der Waals surface area contributed by atoms with E-state index in [1.807, 2.05) is 0 Å². The zero-order valence-corrected chi connectivity index (χ0v) is 14.2. The third-order valence-electron chi connectivity index (χ3n) is 3.78. The molecule has 2 rings (SSSR count). The van der Waals surface area contributed by atoms with Gasteiger partial charge < -0.3 is 10.2 Å².